The van der Waals surface area contributed by atoms with Crippen LogP contribution in [0.5, 0.6) is 0 Å². The normalized spacial score (nSPS) is 16.2. The Kier molecular flexibility index (Phi) is 4.43. The molecule has 3 aromatic rings. The summed E-state index contributed by atoms with van der Waals surface area (Å²) >= 11 is 0. The number of carbonyl (C=O) groups excluding carboxylic acids is 1. The fraction of sp³-hybridized carbons (Fsp3) is 0.320. The van der Waals surface area contributed by atoms with Crippen LogP contribution in [0.3, 0.4) is 0 Å². The van der Waals surface area contributed by atoms with Crippen molar-refractivity contribution in [3.63, 3.8) is 0 Å². The van der Waals surface area contributed by atoms with Gasteiger partial charge < -0.3 is 9.88 Å². The first-order valence-corrected chi connectivity index (χ1v) is 10.5. The average Bonchev–Trinajstić information content (AvgIpc) is 3.50. The van der Waals surface area contributed by atoms with E-state index in [4.69, 9.17) is 10.2 Å². The third-order valence-electron chi connectivity index (χ3n) is 6.29. The monoisotopic (exact) mass is 396 g/mol. The molecule has 5 heteroatoms. The van der Waals surface area contributed by atoms with Crippen LogP contribution in [0, 0.1) is 25.2 Å². The maximum atomic E-state index is 13.1. The molecule has 5 rings (SSSR count). The van der Waals surface area contributed by atoms with Gasteiger partial charge in [-0.1, -0.05) is 18.2 Å². The Balaban J connectivity index is 1.33. The standard InChI is InChI=1S/C25H24N4O/c1-15-3-6-20(11-22(15)23-16(2)27-24(28-23)19-9-10-19)25(30)29-13-21(14-29)18-7-4-17(12-26)5-8-18/h3-8,11,19,21H,9-10,13-14H2,1-2H3,(H,27,28). The summed E-state index contributed by atoms with van der Waals surface area (Å²) in [5, 5.41) is 8.94. The van der Waals surface area contributed by atoms with Crippen LogP contribution in [0.25, 0.3) is 11.3 Å². The lowest BCUT2D eigenvalue weighted by molar-refractivity contribution is 0.0602. The molecule has 0 bridgehead atoms. The number of aryl methyl sites for hydroxylation is 2. The molecule has 1 saturated heterocycles. The van der Waals surface area contributed by atoms with Crippen LogP contribution >= 0.6 is 0 Å². The third kappa shape index (κ3) is 3.29. The molecule has 1 saturated carbocycles. The number of carbonyl (C=O) groups is 1. The van der Waals surface area contributed by atoms with Gasteiger partial charge in [-0.3, -0.25) is 4.79 Å². The van der Waals surface area contributed by atoms with E-state index < -0.39 is 0 Å². The Hall–Kier alpha value is -3.39. The van der Waals surface area contributed by atoms with Crippen molar-refractivity contribution in [2.45, 2.75) is 38.5 Å². The number of imidazole rings is 1. The van der Waals surface area contributed by atoms with E-state index in [1.807, 2.05) is 47.4 Å². The number of nitrogens with zero attached hydrogens (tertiary/aromatic N) is 3. The number of aromatic amines is 1. The SMILES string of the molecule is Cc1ccc(C(=O)N2CC(c3ccc(C#N)cc3)C2)cc1-c1nc(C2CC2)[nH]c1C. The van der Waals surface area contributed by atoms with Crippen LogP contribution in [0.15, 0.2) is 42.5 Å². The zero-order valence-corrected chi connectivity index (χ0v) is 17.3. The molecule has 1 amide bonds. The van der Waals surface area contributed by atoms with Gasteiger partial charge >= 0.3 is 0 Å². The minimum atomic E-state index is 0.0664. The minimum Gasteiger partial charge on any atom is -0.345 e. The van der Waals surface area contributed by atoms with E-state index in [-0.39, 0.29) is 5.91 Å². The van der Waals surface area contributed by atoms with Crippen LogP contribution in [0.2, 0.25) is 0 Å². The summed E-state index contributed by atoms with van der Waals surface area (Å²) in [6.45, 7) is 5.54. The largest absolute Gasteiger partial charge is 0.345 e. The molecule has 150 valence electrons. The van der Waals surface area contributed by atoms with Crippen molar-refractivity contribution in [2.75, 3.05) is 13.1 Å². The Morgan fingerprint density at radius 3 is 2.50 bits per heavy atom. The van der Waals surface area contributed by atoms with Crippen molar-refractivity contribution in [3.05, 3.63) is 76.2 Å². The van der Waals surface area contributed by atoms with Gasteiger partial charge in [0.15, 0.2) is 0 Å². The molecule has 30 heavy (non-hydrogen) atoms. The highest BCUT2D eigenvalue weighted by Crippen LogP contribution is 2.40. The molecule has 2 aromatic carbocycles. The van der Waals surface area contributed by atoms with Crippen LogP contribution in [-0.2, 0) is 0 Å². The maximum absolute atomic E-state index is 13.1. The molecule has 1 aliphatic heterocycles. The molecule has 0 radical (unpaired) electrons. The molecule has 0 spiro atoms. The van der Waals surface area contributed by atoms with Gasteiger partial charge in [-0.2, -0.15) is 5.26 Å². The van der Waals surface area contributed by atoms with Crippen LogP contribution in [0.4, 0.5) is 0 Å². The molecular weight excluding hydrogens is 372 g/mol. The number of rotatable bonds is 4. The van der Waals surface area contributed by atoms with Gasteiger partial charge in [0.25, 0.3) is 5.91 Å². The Morgan fingerprint density at radius 1 is 1.10 bits per heavy atom. The Bertz CT molecular complexity index is 1160. The van der Waals surface area contributed by atoms with Crippen molar-refractivity contribution < 1.29 is 4.79 Å². The second kappa shape index (κ2) is 7.14. The number of nitrogens with one attached hydrogen (secondary N) is 1. The number of likely N-dealkylation sites (tertiary alicyclic amines) is 1. The van der Waals surface area contributed by atoms with E-state index in [0.717, 1.165) is 28.3 Å². The summed E-state index contributed by atoms with van der Waals surface area (Å²) < 4.78 is 0. The second-order valence-corrected chi connectivity index (χ2v) is 8.54. The minimum absolute atomic E-state index is 0.0664. The third-order valence-corrected chi connectivity index (χ3v) is 6.29. The van der Waals surface area contributed by atoms with Crippen molar-refractivity contribution in [1.82, 2.24) is 14.9 Å². The van der Waals surface area contributed by atoms with Crippen LogP contribution in [0.1, 0.15) is 63.2 Å². The summed E-state index contributed by atoms with van der Waals surface area (Å²) in [5.74, 6) is 2.05. The van der Waals surface area contributed by atoms with Crippen LogP contribution < -0.4 is 0 Å². The molecule has 2 fully saturated rings. The molecule has 0 unspecified atom stereocenters. The van der Waals surface area contributed by atoms with Crippen LogP contribution in [-0.4, -0.2) is 33.9 Å². The predicted octanol–water partition coefficient (Wildman–Crippen LogP) is 4.68. The predicted molar refractivity (Wildman–Crippen MR) is 115 cm³/mol. The summed E-state index contributed by atoms with van der Waals surface area (Å²) in [6, 6.07) is 15.7. The number of aromatic nitrogens is 2. The van der Waals surface area contributed by atoms with Gasteiger partial charge in [-0.25, -0.2) is 4.98 Å². The lowest BCUT2D eigenvalue weighted by Crippen LogP contribution is -2.48. The first kappa shape index (κ1) is 18.6. The van der Waals surface area contributed by atoms with Crippen molar-refractivity contribution >= 4 is 5.91 Å². The first-order valence-electron chi connectivity index (χ1n) is 10.5. The number of hydrogen-bond acceptors (Lipinski definition) is 3. The highest BCUT2D eigenvalue weighted by molar-refractivity contribution is 5.96. The molecule has 0 atom stereocenters. The summed E-state index contributed by atoms with van der Waals surface area (Å²) in [6.07, 6.45) is 2.42. The lowest BCUT2D eigenvalue weighted by Gasteiger charge is -2.39. The number of nitriles is 1. The van der Waals surface area contributed by atoms with Gasteiger partial charge in [-0.15, -0.1) is 0 Å². The zero-order valence-electron chi connectivity index (χ0n) is 17.3. The summed E-state index contributed by atoms with van der Waals surface area (Å²) in [4.78, 5) is 23.2. The summed E-state index contributed by atoms with van der Waals surface area (Å²) in [5.41, 5.74) is 6.74. The number of hydrogen-bond donors (Lipinski definition) is 1. The topological polar surface area (TPSA) is 72.8 Å². The highest BCUT2D eigenvalue weighted by atomic mass is 16.2. The lowest BCUT2D eigenvalue weighted by atomic mass is 9.90. The molecule has 1 N–H and O–H groups in total. The molecule has 1 aromatic heterocycles. The molecule has 1 aliphatic carbocycles. The van der Waals surface area contributed by atoms with E-state index in [1.165, 1.54) is 18.4 Å². The second-order valence-electron chi connectivity index (χ2n) is 8.54. The highest BCUT2D eigenvalue weighted by Gasteiger charge is 2.33. The smallest absolute Gasteiger partial charge is 0.253 e. The molecule has 2 aliphatic rings. The Morgan fingerprint density at radius 2 is 1.83 bits per heavy atom. The van der Waals surface area contributed by atoms with E-state index in [0.29, 0.717) is 36.1 Å². The van der Waals surface area contributed by atoms with Gasteiger partial charge in [0.1, 0.15) is 5.82 Å². The molecule has 2 heterocycles. The van der Waals surface area contributed by atoms with Gasteiger partial charge in [0.05, 0.1) is 17.3 Å². The van der Waals surface area contributed by atoms with E-state index >= 15 is 0 Å². The maximum Gasteiger partial charge on any atom is 0.253 e. The average molecular weight is 396 g/mol. The van der Waals surface area contributed by atoms with Gasteiger partial charge in [0, 0.05) is 41.7 Å². The molecule has 5 nitrogen and oxygen atoms in total. The quantitative estimate of drug-likeness (QED) is 0.696. The van der Waals surface area contributed by atoms with Gasteiger partial charge in [0.2, 0.25) is 0 Å². The summed E-state index contributed by atoms with van der Waals surface area (Å²) in [7, 11) is 0. The zero-order chi connectivity index (χ0) is 20.8. The Labute approximate surface area is 176 Å². The fourth-order valence-corrected chi connectivity index (χ4v) is 4.17. The van der Waals surface area contributed by atoms with E-state index in [1.54, 1.807) is 0 Å². The van der Waals surface area contributed by atoms with Crippen molar-refractivity contribution in [1.29, 1.82) is 5.26 Å². The number of amides is 1. The fourth-order valence-electron chi connectivity index (χ4n) is 4.17. The number of H-pyrrole nitrogens is 1. The molecular formula is C25H24N4O. The van der Waals surface area contributed by atoms with Gasteiger partial charge in [-0.05, 0) is 62.1 Å². The van der Waals surface area contributed by atoms with E-state index in [2.05, 4.69) is 24.9 Å². The van der Waals surface area contributed by atoms with E-state index in [9.17, 15) is 4.79 Å². The number of benzene rings is 2. The first-order chi connectivity index (χ1) is 14.5. The van der Waals surface area contributed by atoms with Crippen molar-refractivity contribution in [3.8, 4) is 17.3 Å². The van der Waals surface area contributed by atoms with Crippen molar-refractivity contribution in [2.24, 2.45) is 0 Å².